The maximum absolute atomic E-state index is 5.51. The molecule has 0 aliphatic carbocycles. The highest BCUT2D eigenvalue weighted by molar-refractivity contribution is 5.60. The molecule has 4 heteroatoms. The van der Waals surface area contributed by atoms with E-state index < -0.39 is 0 Å². The lowest BCUT2D eigenvalue weighted by Crippen LogP contribution is -2.19. The molecule has 2 rings (SSSR count). The van der Waals surface area contributed by atoms with Gasteiger partial charge in [0.1, 0.15) is 13.2 Å². The molecule has 0 fully saturated rings. The summed E-state index contributed by atoms with van der Waals surface area (Å²) in [5.41, 5.74) is 2.24. The van der Waals surface area contributed by atoms with E-state index >= 15 is 0 Å². The number of aryl methyl sites for hydroxylation is 1. The molecule has 0 saturated heterocycles. The summed E-state index contributed by atoms with van der Waals surface area (Å²) >= 11 is 0. The second kappa shape index (κ2) is 4.40. The van der Waals surface area contributed by atoms with Gasteiger partial charge in [0.05, 0.1) is 6.67 Å². The fraction of sp³-hybridized carbons (Fsp3) is 0.455. The van der Waals surface area contributed by atoms with Crippen LogP contribution in [0, 0.1) is 6.92 Å². The Morgan fingerprint density at radius 1 is 1.20 bits per heavy atom. The maximum Gasteiger partial charge on any atom is 0.163 e. The van der Waals surface area contributed by atoms with Crippen LogP contribution in [-0.4, -0.2) is 26.9 Å². The Bertz CT molecular complexity index is 353. The summed E-state index contributed by atoms with van der Waals surface area (Å²) in [6.45, 7) is 4.05. The quantitative estimate of drug-likeness (QED) is 0.736. The third-order valence-corrected chi connectivity index (χ3v) is 2.34. The summed E-state index contributed by atoms with van der Waals surface area (Å²) in [6, 6.07) is 3.99. The molecule has 1 heterocycles. The Kier molecular flexibility index (Phi) is 2.97. The van der Waals surface area contributed by atoms with Crippen LogP contribution in [0.1, 0.15) is 5.56 Å². The second-order valence-corrected chi connectivity index (χ2v) is 3.52. The smallest absolute Gasteiger partial charge is 0.163 e. The molecule has 0 spiro atoms. The number of nitrogens with one attached hydrogen (secondary N) is 2. The summed E-state index contributed by atoms with van der Waals surface area (Å²) in [7, 11) is 1.90. The van der Waals surface area contributed by atoms with Crippen LogP contribution in [0.15, 0.2) is 12.1 Å². The zero-order chi connectivity index (χ0) is 10.7. The van der Waals surface area contributed by atoms with E-state index in [1.165, 1.54) is 0 Å². The third kappa shape index (κ3) is 2.15. The first-order valence-corrected chi connectivity index (χ1v) is 5.10. The van der Waals surface area contributed by atoms with Gasteiger partial charge in [-0.2, -0.15) is 0 Å². The molecule has 1 aliphatic heterocycles. The molecule has 1 aromatic carbocycles. The number of hydrogen-bond acceptors (Lipinski definition) is 4. The van der Waals surface area contributed by atoms with E-state index in [0.717, 1.165) is 29.4 Å². The minimum atomic E-state index is 0.627. The van der Waals surface area contributed by atoms with Gasteiger partial charge in [0.25, 0.3) is 0 Å². The Balaban J connectivity index is 2.24. The molecule has 82 valence electrons. The zero-order valence-electron chi connectivity index (χ0n) is 9.09. The van der Waals surface area contributed by atoms with Gasteiger partial charge < -0.3 is 20.1 Å². The molecule has 0 amide bonds. The van der Waals surface area contributed by atoms with Gasteiger partial charge in [-0.3, -0.25) is 0 Å². The number of benzene rings is 1. The lowest BCUT2D eigenvalue weighted by molar-refractivity contribution is 0.171. The number of hydrogen-bond donors (Lipinski definition) is 2. The van der Waals surface area contributed by atoms with Crippen molar-refractivity contribution in [3.05, 3.63) is 17.7 Å². The van der Waals surface area contributed by atoms with Crippen molar-refractivity contribution < 1.29 is 9.47 Å². The van der Waals surface area contributed by atoms with Crippen molar-refractivity contribution in [3.8, 4) is 11.5 Å². The van der Waals surface area contributed by atoms with Crippen molar-refractivity contribution in [2.24, 2.45) is 0 Å². The minimum Gasteiger partial charge on any atom is -0.486 e. The Hall–Kier alpha value is -1.42. The van der Waals surface area contributed by atoms with Crippen molar-refractivity contribution in [1.82, 2.24) is 5.32 Å². The van der Waals surface area contributed by atoms with Crippen molar-refractivity contribution in [3.63, 3.8) is 0 Å². The first-order valence-electron chi connectivity index (χ1n) is 5.10. The first kappa shape index (κ1) is 10.1. The van der Waals surface area contributed by atoms with E-state index in [0.29, 0.717) is 13.2 Å². The molecule has 1 aromatic rings. The lowest BCUT2D eigenvalue weighted by atomic mass is 10.1. The largest absolute Gasteiger partial charge is 0.486 e. The van der Waals surface area contributed by atoms with Crippen molar-refractivity contribution in [1.29, 1.82) is 0 Å². The van der Waals surface area contributed by atoms with Gasteiger partial charge in [-0.25, -0.2) is 0 Å². The summed E-state index contributed by atoms with van der Waals surface area (Å²) in [4.78, 5) is 0. The Labute approximate surface area is 89.6 Å². The topological polar surface area (TPSA) is 42.5 Å². The number of fused-ring (bicyclic) bond motifs is 1. The average molecular weight is 208 g/mol. The summed E-state index contributed by atoms with van der Waals surface area (Å²) in [6.07, 6.45) is 0. The van der Waals surface area contributed by atoms with Gasteiger partial charge in [0.15, 0.2) is 11.5 Å². The highest BCUT2D eigenvalue weighted by Gasteiger charge is 2.13. The molecule has 15 heavy (non-hydrogen) atoms. The maximum atomic E-state index is 5.51. The van der Waals surface area contributed by atoms with E-state index in [-0.39, 0.29) is 0 Å². The minimum absolute atomic E-state index is 0.627. The Morgan fingerprint density at radius 3 is 2.53 bits per heavy atom. The zero-order valence-corrected chi connectivity index (χ0v) is 9.09. The summed E-state index contributed by atoms with van der Waals surface area (Å²) in [5, 5.41) is 6.31. The van der Waals surface area contributed by atoms with Crippen molar-refractivity contribution in [2.75, 3.05) is 32.2 Å². The highest BCUT2D eigenvalue weighted by Crippen LogP contribution is 2.34. The third-order valence-electron chi connectivity index (χ3n) is 2.34. The predicted octanol–water partition coefficient (Wildman–Crippen LogP) is 1.36. The molecule has 4 nitrogen and oxygen atoms in total. The van der Waals surface area contributed by atoms with Crippen LogP contribution < -0.4 is 20.1 Å². The molecule has 2 N–H and O–H groups in total. The normalized spacial score (nSPS) is 13.7. The standard InChI is InChI=1S/C11H16N2O2/c1-8-5-10-11(15-4-3-14-10)6-9(8)13-7-12-2/h5-6,12-13H,3-4,7H2,1-2H3. The van der Waals surface area contributed by atoms with Crippen LogP contribution in [-0.2, 0) is 0 Å². The van der Waals surface area contributed by atoms with Crippen molar-refractivity contribution >= 4 is 5.69 Å². The van der Waals surface area contributed by atoms with Crippen LogP contribution in [0.4, 0.5) is 5.69 Å². The number of anilines is 1. The molecule has 0 bridgehead atoms. The van der Waals surface area contributed by atoms with Gasteiger partial charge >= 0.3 is 0 Å². The van der Waals surface area contributed by atoms with E-state index in [2.05, 4.69) is 17.6 Å². The van der Waals surface area contributed by atoms with Gasteiger partial charge in [0.2, 0.25) is 0 Å². The monoisotopic (exact) mass is 208 g/mol. The summed E-state index contributed by atoms with van der Waals surface area (Å²) < 4.78 is 11.0. The van der Waals surface area contributed by atoms with E-state index in [1.54, 1.807) is 0 Å². The highest BCUT2D eigenvalue weighted by atomic mass is 16.6. The average Bonchev–Trinajstić information content (AvgIpc) is 2.26. The molecule has 1 aliphatic rings. The van der Waals surface area contributed by atoms with Crippen LogP contribution in [0.2, 0.25) is 0 Å². The van der Waals surface area contributed by atoms with Gasteiger partial charge in [-0.1, -0.05) is 0 Å². The summed E-state index contributed by atoms with van der Waals surface area (Å²) in [5.74, 6) is 1.67. The van der Waals surface area contributed by atoms with Gasteiger partial charge in [0, 0.05) is 11.8 Å². The second-order valence-electron chi connectivity index (χ2n) is 3.52. The van der Waals surface area contributed by atoms with Crippen LogP contribution >= 0.6 is 0 Å². The fourth-order valence-electron chi connectivity index (χ4n) is 1.56. The number of ether oxygens (including phenoxy) is 2. The number of rotatable bonds is 3. The Morgan fingerprint density at radius 2 is 1.87 bits per heavy atom. The van der Waals surface area contributed by atoms with Crippen molar-refractivity contribution in [2.45, 2.75) is 6.92 Å². The first-order chi connectivity index (χ1) is 7.31. The van der Waals surface area contributed by atoms with E-state index in [9.17, 15) is 0 Å². The van der Waals surface area contributed by atoms with E-state index in [4.69, 9.17) is 9.47 Å². The SMILES string of the molecule is CNCNc1cc2c(cc1C)OCCO2. The lowest BCUT2D eigenvalue weighted by Gasteiger charge is -2.20. The fourth-order valence-corrected chi connectivity index (χ4v) is 1.56. The molecule has 0 radical (unpaired) electrons. The van der Waals surface area contributed by atoms with Gasteiger partial charge in [-0.15, -0.1) is 0 Å². The van der Waals surface area contributed by atoms with Gasteiger partial charge in [-0.05, 0) is 25.6 Å². The van der Waals surface area contributed by atoms with Crippen LogP contribution in [0.3, 0.4) is 0 Å². The van der Waals surface area contributed by atoms with Crippen LogP contribution in [0.25, 0.3) is 0 Å². The molecule has 0 saturated carbocycles. The molecule has 0 aromatic heterocycles. The molecule has 0 atom stereocenters. The molecular formula is C11H16N2O2. The van der Waals surface area contributed by atoms with E-state index in [1.807, 2.05) is 19.2 Å². The molecular weight excluding hydrogens is 192 g/mol. The van der Waals surface area contributed by atoms with Crippen LogP contribution in [0.5, 0.6) is 11.5 Å². The molecule has 0 unspecified atom stereocenters. The predicted molar refractivity (Wildman–Crippen MR) is 59.7 cm³/mol.